The van der Waals surface area contributed by atoms with Crippen LogP contribution in [0.3, 0.4) is 0 Å². The Kier molecular flexibility index (Phi) is 33.3. The summed E-state index contributed by atoms with van der Waals surface area (Å²) >= 11 is 0. The molecule has 5 nitrogen and oxygen atoms in total. The second-order valence-electron chi connectivity index (χ2n) is 17.8. The number of hydrogen-bond donors (Lipinski definition) is 0. The molecule has 1 fully saturated rings. The highest BCUT2D eigenvalue weighted by Crippen LogP contribution is 2.39. The van der Waals surface area contributed by atoms with Gasteiger partial charge in [0.1, 0.15) is 0 Å². The van der Waals surface area contributed by atoms with Crippen molar-refractivity contribution in [2.24, 2.45) is 11.8 Å². The number of unbranched alkanes of at least 4 members (excludes halogenated alkanes) is 20. The molecular weight excluding hydrogens is 655 g/mol. The maximum Gasteiger partial charge on any atom is 0.305 e. The average molecular weight is 748 g/mol. The van der Waals surface area contributed by atoms with Crippen LogP contribution in [-0.2, 0) is 19.1 Å². The zero-order chi connectivity index (χ0) is 38.7. The lowest BCUT2D eigenvalue weighted by Gasteiger charge is -2.39. The van der Waals surface area contributed by atoms with Crippen molar-refractivity contribution in [3.63, 3.8) is 0 Å². The molecule has 1 saturated carbocycles. The molecule has 1 rings (SSSR count). The molecule has 0 bridgehead atoms. The third kappa shape index (κ3) is 31.8. The number of nitrogens with zero attached hydrogens (tertiary/aromatic N) is 1. The van der Waals surface area contributed by atoms with Crippen molar-refractivity contribution in [1.29, 1.82) is 0 Å². The van der Waals surface area contributed by atoms with E-state index in [9.17, 15) is 9.59 Å². The van der Waals surface area contributed by atoms with E-state index >= 15 is 0 Å². The normalized spacial score (nSPS) is 13.3. The predicted molar refractivity (Wildman–Crippen MR) is 229 cm³/mol. The zero-order valence-electron chi connectivity index (χ0n) is 36.6. The van der Waals surface area contributed by atoms with Crippen LogP contribution in [0.15, 0.2) is 0 Å². The number of esters is 2. The molecule has 0 radical (unpaired) electrons. The largest absolute Gasteiger partial charge is 0.466 e. The average Bonchev–Trinajstić information content (AvgIpc) is 3.95. The lowest BCUT2D eigenvalue weighted by molar-refractivity contribution is -0.144. The predicted octanol–water partition coefficient (Wildman–Crippen LogP) is 14.7. The first-order valence-corrected chi connectivity index (χ1v) is 23.9. The molecule has 0 aliphatic heterocycles. The molecule has 0 unspecified atom stereocenters. The summed E-state index contributed by atoms with van der Waals surface area (Å²) in [6.07, 6.45) is 41.5. The summed E-state index contributed by atoms with van der Waals surface area (Å²) in [5.41, 5.74) is 0.240. The van der Waals surface area contributed by atoms with E-state index in [0.717, 1.165) is 69.9 Å². The molecule has 0 spiro atoms. The van der Waals surface area contributed by atoms with Gasteiger partial charge in [-0.2, -0.15) is 0 Å². The molecule has 1 aliphatic rings. The molecule has 53 heavy (non-hydrogen) atoms. The van der Waals surface area contributed by atoms with Gasteiger partial charge in [0.05, 0.1) is 13.2 Å². The molecule has 0 aromatic carbocycles. The molecule has 0 atom stereocenters. The van der Waals surface area contributed by atoms with Gasteiger partial charge in [0.2, 0.25) is 0 Å². The van der Waals surface area contributed by atoms with E-state index in [4.69, 9.17) is 9.47 Å². The molecule has 314 valence electrons. The van der Waals surface area contributed by atoms with Crippen LogP contribution in [-0.4, -0.2) is 48.7 Å². The topological polar surface area (TPSA) is 55.8 Å². The van der Waals surface area contributed by atoms with Crippen LogP contribution in [0, 0.1) is 11.8 Å². The van der Waals surface area contributed by atoms with Crippen LogP contribution in [0.2, 0.25) is 0 Å². The summed E-state index contributed by atoms with van der Waals surface area (Å²) in [7, 11) is 0. The second-order valence-corrected chi connectivity index (χ2v) is 17.8. The minimum atomic E-state index is -0.00566. The number of carbonyl (C=O) groups excluding carboxylic acids is 2. The Bertz CT molecular complexity index is 812. The fourth-order valence-electron chi connectivity index (χ4n) is 8.18. The van der Waals surface area contributed by atoms with Gasteiger partial charge in [0, 0.05) is 18.4 Å². The Morgan fingerprint density at radius 2 is 0.887 bits per heavy atom. The minimum absolute atomic E-state index is 0.00566. The van der Waals surface area contributed by atoms with Crippen LogP contribution in [0.5, 0.6) is 0 Å². The van der Waals surface area contributed by atoms with Crippen molar-refractivity contribution in [2.75, 3.05) is 26.3 Å². The molecule has 1 aliphatic carbocycles. The van der Waals surface area contributed by atoms with Gasteiger partial charge in [-0.25, -0.2) is 0 Å². The summed E-state index contributed by atoms with van der Waals surface area (Å²) in [4.78, 5) is 27.4. The molecular formula is C48H93NO4. The Labute approximate surface area is 331 Å². The van der Waals surface area contributed by atoms with E-state index in [-0.39, 0.29) is 17.5 Å². The highest BCUT2D eigenvalue weighted by atomic mass is 16.5. The van der Waals surface area contributed by atoms with E-state index in [2.05, 4.69) is 39.5 Å². The fraction of sp³-hybridized carbons (Fsp3) is 0.958. The maximum atomic E-state index is 12.4. The van der Waals surface area contributed by atoms with Gasteiger partial charge in [-0.05, 0) is 90.1 Å². The minimum Gasteiger partial charge on any atom is -0.466 e. The van der Waals surface area contributed by atoms with Crippen LogP contribution < -0.4 is 0 Å². The molecule has 0 amide bonds. The fourth-order valence-corrected chi connectivity index (χ4v) is 8.18. The Balaban J connectivity index is 2.16. The van der Waals surface area contributed by atoms with E-state index < -0.39 is 0 Å². The van der Waals surface area contributed by atoms with E-state index in [1.54, 1.807) is 0 Å². The summed E-state index contributed by atoms with van der Waals surface area (Å²) < 4.78 is 11.2. The van der Waals surface area contributed by atoms with E-state index in [0.29, 0.717) is 26.1 Å². The zero-order valence-corrected chi connectivity index (χ0v) is 36.6. The highest BCUT2D eigenvalue weighted by Gasteiger charge is 2.33. The molecule has 0 N–H and O–H groups in total. The Morgan fingerprint density at radius 3 is 1.38 bits per heavy atom. The molecule has 0 heterocycles. The molecule has 0 saturated heterocycles. The lowest BCUT2D eigenvalue weighted by Crippen LogP contribution is -2.45. The Morgan fingerprint density at radius 1 is 0.509 bits per heavy atom. The number of carbonyl (C=O) groups is 2. The standard InChI is InChI=1S/C48H93NO4/c1-6-9-12-15-16-17-18-22-30-41-52-46(50)36-27-23-29-40-49(48(4,5)43-45-37-38-45)39-28-21-19-20-26-35-47(51)53-42-31-34-44(32-24-13-10-7-2)33-25-14-11-8-3/h44-45H,6-43H2,1-5H3. The lowest BCUT2D eigenvalue weighted by atomic mass is 9.91. The van der Waals surface area contributed by atoms with Gasteiger partial charge >= 0.3 is 11.9 Å². The van der Waals surface area contributed by atoms with Gasteiger partial charge in [0.25, 0.3) is 0 Å². The molecule has 0 aromatic heterocycles. The van der Waals surface area contributed by atoms with E-state index in [1.165, 1.54) is 161 Å². The van der Waals surface area contributed by atoms with Crippen molar-refractivity contribution in [3.05, 3.63) is 0 Å². The molecule has 0 aromatic rings. The highest BCUT2D eigenvalue weighted by molar-refractivity contribution is 5.69. The van der Waals surface area contributed by atoms with Gasteiger partial charge in [0.15, 0.2) is 0 Å². The first-order chi connectivity index (χ1) is 25.8. The number of rotatable bonds is 41. The summed E-state index contributed by atoms with van der Waals surface area (Å²) in [5, 5.41) is 0. The smallest absolute Gasteiger partial charge is 0.305 e. The van der Waals surface area contributed by atoms with Gasteiger partial charge in [-0.15, -0.1) is 0 Å². The summed E-state index contributed by atoms with van der Waals surface area (Å²) in [6, 6.07) is 0. The van der Waals surface area contributed by atoms with Crippen molar-refractivity contribution >= 4 is 11.9 Å². The van der Waals surface area contributed by atoms with Crippen LogP contribution in [0.4, 0.5) is 0 Å². The first-order valence-electron chi connectivity index (χ1n) is 23.9. The second kappa shape index (κ2) is 35.3. The molecule has 5 heteroatoms. The summed E-state index contributed by atoms with van der Waals surface area (Å²) in [5.74, 6) is 1.73. The third-order valence-corrected chi connectivity index (χ3v) is 11.9. The maximum absolute atomic E-state index is 12.4. The van der Waals surface area contributed by atoms with Crippen molar-refractivity contribution in [3.8, 4) is 0 Å². The van der Waals surface area contributed by atoms with Crippen molar-refractivity contribution in [1.82, 2.24) is 4.90 Å². The number of ether oxygens (including phenoxy) is 2. The first kappa shape index (κ1) is 49.9. The monoisotopic (exact) mass is 748 g/mol. The number of hydrogen-bond acceptors (Lipinski definition) is 5. The van der Waals surface area contributed by atoms with Crippen LogP contribution in [0.25, 0.3) is 0 Å². The SMILES string of the molecule is CCCCCCCCCCCOC(=O)CCCCCN(CCCCCCCC(=O)OCCCC(CCCCCC)CCCCCC)C(C)(C)CC1CC1. The van der Waals surface area contributed by atoms with Gasteiger partial charge < -0.3 is 9.47 Å². The van der Waals surface area contributed by atoms with Crippen LogP contribution in [0.1, 0.15) is 253 Å². The van der Waals surface area contributed by atoms with Crippen LogP contribution >= 0.6 is 0 Å². The third-order valence-electron chi connectivity index (χ3n) is 11.9. The van der Waals surface area contributed by atoms with E-state index in [1.807, 2.05) is 0 Å². The van der Waals surface area contributed by atoms with Crippen molar-refractivity contribution in [2.45, 2.75) is 258 Å². The van der Waals surface area contributed by atoms with Gasteiger partial charge in [-0.3, -0.25) is 14.5 Å². The van der Waals surface area contributed by atoms with Gasteiger partial charge in [-0.1, -0.05) is 175 Å². The van der Waals surface area contributed by atoms with Crippen molar-refractivity contribution < 1.29 is 19.1 Å². The Hall–Kier alpha value is -1.10. The summed E-state index contributed by atoms with van der Waals surface area (Å²) in [6.45, 7) is 15.2. The quantitative estimate of drug-likeness (QED) is 0.0460.